The number of nitrogens with two attached hydrogens (primary N) is 1. The Morgan fingerprint density at radius 3 is 2.34 bits per heavy atom. The number of sulfonamides is 1. The van der Waals surface area contributed by atoms with Crippen LogP contribution < -0.4 is 5.73 Å². The van der Waals surface area contributed by atoms with Gasteiger partial charge in [-0.15, -0.1) is 0 Å². The molecule has 1 aromatic carbocycles. The van der Waals surface area contributed by atoms with E-state index in [-0.39, 0.29) is 22.6 Å². The molecule has 0 bridgehead atoms. The molecule has 0 radical (unpaired) electrons. The van der Waals surface area contributed by atoms with Crippen LogP contribution in [0.2, 0.25) is 0 Å². The Morgan fingerprint density at radius 2 is 1.79 bits per heavy atom. The predicted octanol–water partition coefficient (Wildman–Crippen LogP) is 1.66. The number of nitriles is 1. The molecule has 0 spiro atoms. The summed E-state index contributed by atoms with van der Waals surface area (Å²) in [4.78, 5) is 23.8. The van der Waals surface area contributed by atoms with E-state index in [0.29, 0.717) is 19.5 Å². The third-order valence-electron chi connectivity index (χ3n) is 4.64. The molecule has 2 N–H and O–H groups in total. The number of nitrogens with zero attached hydrogens (tertiary/aromatic N) is 2. The van der Waals surface area contributed by atoms with Crippen molar-refractivity contribution in [1.82, 2.24) is 4.31 Å². The van der Waals surface area contributed by atoms with Gasteiger partial charge in [-0.3, -0.25) is 9.59 Å². The minimum Gasteiger partial charge on any atom is -0.457 e. The maximum Gasteiger partial charge on any atom is 0.306 e. The Balaban J connectivity index is 1.87. The van der Waals surface area contributed by atoms with E-state index in [1.54, 1.807) is 30.3 Å². The first-order chi connectivity index (χ1) is 13.8. The van der Waals surface area contributed by atoms with E-state index in [9.17, 15) is 18.0 Å². The number of benzene rings is 1. The third-order valence-corrected chi connectivity index (χ3v) is 6.56. The number of piperidine rings is 1. The number of ketones is 1. The molecular weight excluding hydrogens is 394 g/mol. The Hall–Kier alpha value is -2.70. The van der Waals surface area contributed by atoms with Gasteiger partial charge >= 0.3 is 5.97 Å². The molecule has 0 saturated carbocycles. The lowest BCUT2D eigenvalue weighted by molar-refractivity contribution is -0.147. The highest BCUT2D eigenvalue weighted by Crippen LogP contribution is 2.21. The zero-order chi connectivity index (χ0) is 21.4. The molecule has 1 aliphatic rings. The number of rotatable bonds is 8. The van der Waals surface area contributed by atoms with E-state index in [4.69, 9.17) is 15.7 Å². The van der Waals surface area contributed by atoms with Crippen molar-refractivity contribution in [1.29, 1.82) is 5.26 Å². The quantitative estimate of drug-likeness (QED) is 0.385. The van der Waals surface area contributed by atoms with Gasteiger partial charge in [-0.1, -0.05) is 18.6 Å². The van der Waals surface area contributed by atoms with E-state index < -0.39 is 28.4 Å². The maximum absolute atomic E-state index is 12.6. The number of ether oxygens (including phenoxy) is 1. The van der Waals surface area contributed by atoms with Crippen LogP contribution in [0.5, 0.6) is 0 Å². The third kappa shape index (κ3) is 6.14. The molecule has 0 unspecified atom stereocenters. The van der Waals surface area contributed by atoms with Crippen molar-refractivity contribution in [2.24, 2.45) is 5.73 Å². The zero-order valence-corrected chi connectivity index (χ0v) is 17.2. The first kappa shape index (κ1) is 22.6. The lowest BCUT2D eigenvalue weighted by Gasteiger charge is -2.25. The molecule has 0 atom stereocenters. The second-order valence-corrected chi connectivity index (χ2v) is 8.80. The minimum absolute atomic E-state index is 0.0265. The van der Waals surface area contributed by atoms with Crippen LogP contribution in [-0.4, -0.2) is 44.2 Å². The Bertz CT molecular complexity index is 920. The Labute approximate surface area is 171 Å². The van der Waals surface area contributed by atoms with Crippen molar-refractivity contribution in [2.45, 2.75) is 43.9 Å². The monoisotopic (exact) mass is 419 g/mol. The van der Waals surface area contributed by atoms with Crippen molar-refractivity contribution in [2.75, 3.05) is 19.7 Å². The van der Waals surface area contributed by atoms with Crippen LogP contribution in [0.3, 0.4) is 0 Å². The summed E-state index contributed by atoms with van der Waals surface area (Å²) in [6.45, 7) is 1.97. The summed E-state index contributed by atoms with van der Waals surface area (Å²) in [5.41, 5.74) is 6.07. The zero-order valence-electron chi connectivity index (χ0n) is 16.4. The standard InChI is InChI=1S/C20H25N3O5S/c1-15(22)18(13-21)19(24)14-28-20(25)10-7-16-5-8-17(9-6-16)29(26,27)23-11-3-2-4-12-23/h5-6,8-9H,2-4,7,10-12,14,22H2,1H3/b18-15+. The van der Waals surface area contributed by atoms with Gasteiger partial charge in [0.05, 0.1) is 4.90 Å². The molecule has 156 valence electrons. The van der Waals surface area contributed by atoms with Gasteiger partial charge in [-0.05, 0) is 43.9 Å². The van der Waals surface area contributed by atoms with Gasteiger partial charge < -0.3 is 10.5 Å². The molecule has 0 aromatic heterocycles. The van der Waals surface area contributed by atoms with Crippen LogP contribution in [-0.2, 0) is 30.8 Å². The molecule has 2 rings (SSSR count). The number of hydrogen-bond acceptors (Lipinski definition) is 7. The summed E-state index contributed by atoms with van der Waals surface area (Å²) in [7, 11) is -3.48. The summed E-state index contributed by atoms with van der Waals surface area (Å²) in [6, 6.07) is 8.11. The van der Waals surface area contributed by atoms with Crippen LogP contribution in [0.15, 0.2) is 40.4 Å². The van der Waals surface area contributed by atoms with Crippen molar-refractivity contribution in [3.63, 3.8) is 0 Å². The largest absolute Gasteiger partial charge is 0.457 e. The second kappa shape index (κ2) is 10.2. The number of hydrogen-bond donors (Lipinski definition) is 1. The molecule has 9 heteroatoms. The summed E-state index contributed by atoms with van der Waals surface area (Å²) >= 11 is 0. The second-order valence-electron chi connectivity index (χ2n) is 6.86. The number of carbonyl (C=O) groups is 2. The average Bonchev–Trinajstić information content (AvgIpc) is 2.72. The first-order valence-electron chi connectivity index (χ1n) is 9.40. The minimum atomic E-state index is -3.48. The van der Waals surface area contributed by atoms with E-state index in [1.807, 2.05) is 0 Å². The number of Topliss-reactive ketones (excluding diaryl/α,β-unsaturated/α-hetero) is 1. The summed E-state index contributed by atoms with van der Waals surface area (Å²) in [6.07, 6.45) is 3.16. The molecule has 8 nitrogen and oxygen atoms in total. The highest BCUT2D eigenvalue weighted by molar-refractivity contribution is 7.89. The number of allylic oxidation sites excluding steroid dienone is 1. The molecule has 1 aromatic rings. The topological polar surface area (TPSA) is 131 Å². The highest BCUT2D eigenvalue weighted by atomic mass is 32.2. The molecule has 1 fully saturated rings. The Kier molecular flexibility index (Phi) is 7.93. The van der Waals surface area contributed by atoms with E-state index in [0.717, 1.165) is 24.8 Å². The number of aryl methyl sites for hydroxylation is 1. The number of esters is 1. The maximum atomic E-state index is 12.6. The van der Waals surface area contributed by atoms with Gasteiger partial charge in [0, 0.05) is 25.2 Å². The summed E-state index contributed by atoms with van der Waals surface area (Å²) in [5, 5.41) is 8.85. The SMILES string of the molecule is C/C(N)=C(/C#N)C(=O)COC(=O)CCc1ccc(S(=O)(=O)N2CCCCC2)cc1. The van der Waals surface area contributed by atoms with Crippen LogP contribution >= 0.6 is 0 Å². The van der Waals surface area contributed by atoms with Gasteiger partial charge in [0.1, 0.15) is 11.6 Å². The molecule has 1 aliphatic heterocycles. The normalized spacial score (nSPS) is 15.9. The van der Waals surface area contributed by atoms with Gasteiger partial charge in [0.15, 0.2) is 6.61 Å². The fraction of sp³-hybridized carbons (Fsp3) is 0.450. The number of carbonyl (C=O) groups excluding carboxylic acids is 2. The van der Waals surface area contributed by atoms with Crippen LogP contribution in [0.1, 0.15) is 38.2 Å². The van der Waals surface area contributed by atoms with Crippen LogP contribution in [0.4, 0.5) is 0 Å². The lowest BCUT2D eigenvalue weighted by Crippen LogP contribution is -2.35. The van der Waals surface area contributed by atoms with Gasteiger partial charge in [-0.2, -0.15) is 9.57 Å². The highest BCUT2D eigenvalue weighted by Gasteiger charge is 2.25. The lowest BCUT2D eigenvalue weighted by atomic mass is 10.1. The molecule has 1 heterocycles. The van der Waals surface area contributed by atoms with E-state index in [2.05, 4.69) is 0 Å². The average molecular weight is 420 g/mol. The van der Waals surface area contributed by atoms with E-state index >= 15 is 0 Å². The summed E-state index contributed by atoms with van der Waals surface area (Å²) in [5.74, 6) is -1.23. The van der Waals surface area contributed by atoms with Gasteiger partial charge in [-0.25, -0.2) is 8.42 Å². The van der Waals surface area contributed by atoms with Crippen molar-refractivity contribution >= 4 is 21.8 Å². The van der Waals surface area contributed by atoms with Crippen molar-refractivity contribution < 1.29 is 22.7 Å². The van der Waals surface area contributed by atoms with Crippen LogP contribution in [0, 0.1) is 11.3 Å². The van der Waals surface area contributed by atoms with Crippen molar-refractivity contribution in [3.8, 4) is 6.07 Å². The molecule has 29 heavy (non-hydrogen) atoms. The van der Waals surface area contributed by atoms with E-state index in [1.165, 1.54) is 11.2 Å². The van der Waals surface area contributed by atoms with Crippen molar-refractivity contribution in [3.05, 3.63) is 41.1 Å². The predicted molar refractivity (Wildman–Crippen MR) is 106 cm³/mol. The van der Waals surface area contributed by atoms with Gasteiger partial charge in [0.25, 0.3) is 0 Å². The molecule has 0 aliphatic carbocycles. The first-order valence-corrected chi connectivity index (χ1v) is 10.8. The fourth-order valence-electron chi connectivity index (χ4n) is 2.99. The van der Waals surface area contributed by atoms with Crippen LogP contribution in [0.25, 0.3) is 0 Å². The molecule has 1 saturated heterocycles. The fourth-order valence-corrected chi connectivity index (χ4v) is 4.51. The molecule has 0 amide bonds. The summed E-state index contributed by atoms with van der Waals surface area (Å²) < 4.78 is 31.6. The smallest absolute Gasteiger partial charge is 0.306 e. The van der Waals surface area contributed by atoms with Gasteiger partial charge in [0.2, 0.25) is 15.8 Å². The Morgan fingerprint density at radius 1 is 1.17 bits per heavy atom. The molecular formula is C20H25N3O5S.